The quantitative estimate of drug-likeness (QED) is 0.194. The molecule has 0 spiro atoms. The highest BCUT2D eigenvalue weighted by Crippen LogP contribution is 2.49. The molecule has 3 unspecified atom stereocenters. The summed E-state index contributed by atoms with van der Waals surface area (Å²) in [5, 5.41) is 14.8. The van der Waals surface area contributed by atoms with Gasteiger partial charge in [0.05, 0.1) is 6.61 Å². The molecular weight excluding hydrogens is 595 g/mol. The van der Waals surface area contributed by atoms with E-state index >= 15 is 4.39 Å². The second-order valence-corrected chi connectivity index (χ2v) is 13.8. The lowest BCUT2D eigenvalue weighted by molar-refractivity contribution is 0.0890. The number of hydrogen-bond donors (Lipinski definition) is 1. The Kier molecular flexibility index (Phi) is 8.07. The van der Waals surface area contributed by atoms with Gasteiger partial charge in [0.15, 0.2) is 11.6 Å². The minimum Gasteiger partial charge on any atom is -0.490 e. The molecule has 5 aromatic rings. The second kappa shape index (κ2) is 12.6. The van der Waals surface area contributed by atoms with Gasteiger partial charge in [-0.1, -0.05) is 92.2 Å². The van der Waals surface area contributed by atoms with Crippen molar-refractivity contribution in [2.45, 2.75) is 63.7 Å². The third-order valence-electron chi connectivity index (χ3n) is 10.9. The lowest BCUT2D eigenvalue weighted by Crippen LogP contribution is -2.38. The number of halogens is 2. The van der Waals surface area contributed by atoms with Crippen molar-refractivity contribution in [1.82, 2.24) is 20.6 Å². The fraction of sp³-hybridized carbons (Fsp3) is 0.359. The van der Waals surface area contributed by atoms with Gasteiger partial charge in [-0.25, -0.2) is 4.39 Å². The third-order valence-corrected chi connectivity index (χ3v) is 11.2. The van der Waals surface area contributed by atoms with E-state index in [1.165, 1.54) is 71.6 Å². The molecule has 0 bridgehead atoms. The number of benzene rings is 4. The number of nitrogens with one attached hydrogen (secondary N) is 1. The maximum atomic E-state index is 15.4. The molecule has 1 aromatic heterocycles. The van der Waals surface area contributed by atoms with E-state index in [0.717, 1.165) is 30.7 Å². The van der Waals surface area contributed by atoms with Gasteiger partial charge < -0.3 is 4.74 Å². The predicted octanol–water partition coefficient (Wildman–Crippen LogP) is 9.20. The number of aromatic amines is 1. The third kappa shape index (κ3) is 5.62. The van der Waals surface area contributed by atoms with Crippen LogP contribution in [0.1, 0.15) is 65.8 Å². The lowest BCUT2D eigenvalue weighted by atomic mass is 9.62. The van der Waals surface area contributed by atoms with Gasteiger partial charge in [0.2, 0.25) is 5.82 Å². The van der Waals surface area contributed by atoms with Crippen LogP contribution in [-0.2, 0) is 25.7 Å². The minimum absolute atomic E-state index is 0.279. The first-order chi connectivity index (χ1) is 22.6. The van der Waals surface area contributed by atoms with Crippen LogP contribution in [0.5, 0.6) is 5.75 Å². The monoisotopic (exact) mass is 632 g/mol. The van der Waals surface area contributed by atoms with Gasteiger partial charge >= 0.3 is 0 Å². The van der Waals surface area contributed by atoms with E-state index in [9.17, 15) is 0 Å². The maximum absolute atomic E-state index is 15.4. The Labute approximate surface area is 274 Å². The van der Waals surface area contributed by atoms with Gasteiger partial charge in [0.25, 0.3) is 0 Å². The number of nitrogens with zero attached hydrogens (tertiary/aromatic N) is 3. The van der Waals surface area contributed by atoms with Crippen molar-refractivity contribution in [1.29, 1.82) is 0 Å². The Morgan fingerprint density at radius 2 is 1.70 bits per heavy atom. The average Bonchev–Trinajstić information content (AvgIpc) is 3.65. The van der Waals surface area contributed by atoms with E-state index in [0.29, 0.717) is 35.7 Å². The molecule has 4 aromatic carbocycles. The number of ether oxygens (including phenoxy) is 1. The molecule has 1 saturated carbocycles. The Bertz CT molecular complexity index is 1830. The first kappa shape index (κ1) is 29.4. The summed E-state index contributed by atoms with van der Waals surface area (Å²) in [5.41, 5.74) is 10.7. The summed E-state index contributed by atoms with van der Waals surface area (Å²) < 4.78 is 21.9. The van der Waals surface area contributed by atoms with Crippen molar-refractivity contribution in [3.63, 3.8) is 0 Å². The largest absolute Gasteiger partial charge is 0.490 e. The Morgan fingerprint density at radius 3 is 2.50 bits per heavy atom. The van der Waals surface area contributed by atoms with Crippen LogP contribution in [0.15, 0.2) is 78.9 Å². The van der Waals surface area contributed by atoms with E-state index in [2.05, 4.69) is 69.2 Å². The highest BCUT2D eigenvalue weighted by Gasteiger charge is 2.41. The maximum Gasteiger partial charge on any atom is 0.204 e. The summed E-state index contributed by atoms with van der Waals surface area (Å²) in [6.45, 7) is 0.491. The van der Waals surface area contributed by atoms with Gasteiger partial charge in [-0.15, -0.1) is 10.2 Å². The SMILES string of the molecule is Fc1cc(-c2nn[nH]n2)ccc1OCC(C1CCCCC1)C1Cc2c(ccc3c2CCc2ccccc2-3)CC1c1ccc(Cl)cc1. The number of aromatic nitrogens is 4. The normalized spacial score (nSPS) is 20.0. The lowest BCUT2D eigenvalue weighted by Gasteiger charge is -2.44. The van der Waals surface area contributed by atoms with Crippen molar-refractivity contribution in [3.8, 4) is 28.3 Å². The van der Waals surface area contributed by atoms with Gasteiger partial charge in [0, 0.05) is 10.6 Å². The fourth-order valence-electron chi connectivity index (χ4n) is 8.68. The fourth-order valence-corrected chi connectivity index (χ4v) is 8.80. The van der Waals surface area contributed by atoms with Crippen LogP contribution >= 0.6 is 11.6 Å². The molecule has 1 fully saturated rings. The second-order valence-electron chi connectivity index (χ2n) is 13.4. The molecule has 234 valence electrons. The molecule has 1 N–H and O–H groups in total. The number of hydrogen-bond acceptors (Lipinski definition) is 4. The van der Waals surface area contributed by atoms with Crippen LogP contribution in [0.2, 0.25) is 5.02 Å². The number of fused-ring (bicyclic) bond motifs is 5. The van der Waals surface area contributed by atoms with Crippen LogP contribution in [-0.4, -0.2) is 27.2 Å². The standard InChI is InChI=1S/C39H38ClFN4O/c40-29-15-10-26(11-16-29)33-20-27-13-18-31-30-9-5-4-8-25(30)12-17-32(31)34(27)22-35(33)36(24-6-2-1-3-7-24)23-46-38-19-14-28(21-37(38)41)39-42-44-45-43-39/h4-5,8-11,13-16,18-19,21,24,33,35-36H,1-3,6-7,12,17,20,22-23H2,(H,42,43,44,45). The molecule has 3 atom stereocenters. The summed E-state index contributed by atoms with van der Waals surface area (Å²) in [4.78, 5) is 0. The number of aryl methyl sites for hydroxylation is 1. The molecular formula is C39H38ClFN4O. The van der Waals surface area contributed by atoms with Gasteiger partial charge in [0.1, 0.15) is 0 Å². The van der Waals surface area contributed by atoms with Crippen LogP contribution in [0.4, 0.5) is 4.39 Å². The van der Waals surface area contributed by atoms with Crippen LogP contribution in [0.25, 0.3) is 22.5 Å². The van der Waals surface area contributed by atoms with E-state index in [1.54, 1.807) is 17.7 Å². The molecule has 0 saturated heterocycles. The van der Waals surface area contributed by atoms with Crippen molar-refractivity contribution in [2.75, 3.05) is 6.61 Å². The Morgan fingerprint density at radius 1 is 0.848 bits per heavy atom. The summed E-state index contributed by atoms with van der Waals surface area (Å²) >= 11 is 6.38. The first-order valence-corrected chi connectivity index (χ1v) is 17.1. The molecule has 0 amide bonds. The van der Waals surface area contributed by atoms with E-state index in [1.807, 2.05) is 12.1 Å². The molecule has 3 aliphatic rings. The van der Waals surface area contributed by atoms with Crippen molar-refractivity contribution in [2.24, 2.45) is 17.8 Å². The van der Waals surface area contributed by atoms with E-state index in [4.69, 9.17) is 16.3 Å². The predicted molar refractivity (Wildman–Crippen MR) is 180 cm³/mol. The molecule has 8 rings (SSSR count). The molecule has 3 aliphatic carbocycles. The zero-order valence-corrected chi connectivity index (χ0v) is 26.6. The van der Waals surface area contributed by atoms with Gasteiger partial charge in [-0.3, -0.25) is 0 Å². The topological polar surface area (TPSA) is 63.7 Å². The van der Waals surface area contributed by atoms with Crippen LogP contribution in [0, 0.1) is 23.6 Å². The van der Waals surface area contributed by atoms with Crippen molar-refractivity contribution < 1.29 is 9.13 Å². The number of tetrazole rings is 1. The summed E-state index contributed by atoms with van der Waals surface area (Å²) in [6.07, 6.45) is 10.3. The van der Waals surface area contributed by atoms with Crippen molar-refractivity contribution >= 4 is 11.6 Å². The Hall–Kier alpha value is -4.03. The molecule has 0 aliphatic heterocycles. The molecule has 0 radical (unpaired) electrons. The molecule has 46 heavy (non-hydrogen) atoms. The highest BCUT2D eigenvalue weighted by atomic mass is 35.5. The van der Waals surface area contributed by atoms with Gasteiger partial charge in [-0.2, -0.15) is 5.21 Å². The minimum atomic E-state index is -0.402. The van der Waals surface area contributed by atoms with Crippen LogP contribution in [0.3, 0.4) is 0 Å². The first-order valence-electron chi connectivity index (χ1n) is 16.8. The number of H-pyrrole nitrogens is 1. The summed E-state index contributed by atoms with van der Waals surface area (Å²) in [5.74, 6) is 1.76. The van der Waals surface area contributed by atoms with E-state index in [-0.39, 0.29) is 11.7 Å². The average molecular weight is 633 g/mol. The summed E-state index contributed by atoms with van der Waals surface area (Å²) in [6, 6.07) is 27.1. The number of rotatable bonds is 7. The smallest absolute Gasteiger partial charge is 0.204 e. The highest BCUT2D eigenvalue weighted by molar-refractivity contribution is 6.30. The zero-order chi connectivity index (χ0) is 31.0. The Balaban J connectivity index is 1.17. The van der Waals surface area contributed by atoms with Crippen LogP contribution < -0.4 is 4.74 Å². The summed E-state index contributed by atoms with van der Waals surface area (Å²) in [7, 11) is 0. The van der Waals surface area contributed by atoms with Gasteiger partial charge in [-0.05, 0) is 124 Å². The molecule has 7 heteroatoms. The zero-order valence-electron chi connectivity index (χ0n) is 25.9. The van der Waals surface area contributed by atoms with E-state index < -0.39 is 5.82 Å². The molecule has 1 heterocycles. The molecule has 5 nitrogen and oxygen atoms in total. The van der Waals surface area contributed by atoms with Crippen molar-refractivity contribution in [3.05, 3.63) is 118 Å².